The summed E-state index contributed by atoms with van der Waals surface area (Å²) in [7, 11) is -2.48. The van der Waals surface area contributed by atoms with E-state index in [9.17, 15) is 18.5 Å². The van der Waals surface area contributed by atoms with E-state index >= 15 is 0 Å². The Morgan fingerprint density at radius 3 is 2.70 bits per heavy atom. The van der Waals surface area contributed by atoms with Crippen LogP contribution in [0.4, 0.5) is 5.69 Å². The molecule has 0 radical (unpaired) electrons. The predicted molar refractivity (Wildman–Crippen MR) is 71.0 cm³/mol. The summed E-state index contributed by atoms with van der Waals surface area (Å²) in [6.07, 6.45) is 0.592. The Morgan fingerprint density at radius 2 is 2.20 bits per heavy atom. The lowest BCUT2D eigenvalue weighted by Gasteiger charge is -2.17. The van der Waals surface area contributed by atoms with Crippen LogP contribution in [0, 0.1) is 10.1 Å². The maximum Gasteiger partial charge on any atom is 0.273 e. The molecule has 0 spiro atoms. The summed E-state index contributed by atoms with van der Waals surface area (Å²) >= 11 is 0. The van der Waals surface area contributed by atoms with Crippen molar-refractivity contribution in [3.05, 3.63) is 28.3 Å². The highest BCUT2D eigenvalue weighted by molar-refractivity contribution is 7.89. The van der Waals surface area contributed by atoms with Gasteiger partial charge in [-0.15, -0.1) is 0 Å². The third-order valence-corrected chi connectivity index (χ3v) is 5.07. The van der Waals surface area contributed by atoms with Crippen molar-refractivity contribution in [1.29, 1.82) is 0 Å². The van der Waals surface area contributed by atoms with Crippen LogP contribution in [0.1, 0.15) is 6.42 Å². The second kappa shape index (κ2) is 5.35. The van der Waals surface area contributed by atoms with Gasteiger partial charge in [-0.25, -0.2) is 8.42 Å². The summed E-state index contributed by atoms with van der Waals surface area (Å²) in [6.45, 7) is 0.576. The van der Waals surface area contributed by atoms with Gasteiger partial charge in [-0.05, 0) is 12.5 Å². The Morgan fingerprint density at radius 1 is 1.50 bits per heavy atom. The predicted octanol–water partition coefficient (Wildman–Crippen LogP) is 0.325. The third kappa shape index (κ3) is 2.60. The zero-order valence-electron chi connectivity index (χ0n) is 10.9. The molecule has 0 aliphatic carbocycles. The molecule has 8 nitrogen and oxygen atoms in total. The van der Waals surface area contributed by atoms with E-state index in [0.29, 0.717) is 13.0 Å². The number of nitro groups is 1. The van der Waals surface area contributed by atoms with E-state index in [1.807, 2.05) is 0 Å². The van der Waals surface area contributed by atoms with Crippen molar-refractivity contribution in [3.63, 3.8) is 0 Å². The van der Waals surface area contributed by atoms with E-state index < -0.39 is 14.9 Å². The largest absolute Gasteiger partial charge is 0.495 e. The number of non-ortho nitro benzene ring substituents is 1. The number of nitrogens with two attached hydrogens (primary N) is 1. The van der Waals surface area contributed by atoms with Crippen LogP contribution in [0.3, 0.4) is 0 Å². The lowest BCUT2D eigenvalue weighted by Crippen LogP contribution is -2.32. The summed E-state index contributed by atoms with van der Waals surface area (Å²) in [6, 6.07) is 3.25. The fourth-order valence-electron chi connectivity index (χ4n) is 2.09. The monoisotopic (exact) mass is 301 g/mol. The summed E-state index contributed by atoms with van der Waals surface area (Å²) in [5, 5.41) is 10.7. The van der Waals surface area contributed by atoms with Crippen LogP contribution in [-0.4, -0.2) is 43.9 Å². The first kappa shape index (κ1) is 14.7. The number of sulfonamides is 1. The van der Waals surface area contributed by atoms with E-state index in [2.05, 4.69) is 0 Å². The van der Waals surface area contributed by atoms with Crippen molar-refractivity contribution < 1.29 is 18.1 Å². The lowest BCUT2D eigenvalue weighted by atomic mass is 10.3. The van der Waals surface area contributed by atoms with Crippen molar-refractivity contribution in [2.24, 2.45) is 5.73 Å². The number of hydrogen-bond acceptors (Lipinski definition) is 6. The molecule has 1 fully saturated rings. The van der Waals surface area contributed by atoms with Crippen LogP contribution in [0.2, 0.25) is 0 Å². The van der Waals surface area contributed by atoms with Gasteiger partial charge in [0, 0.05) is 25.2 Å². The first-order valence-corrected chi connectivity index (χ1v) is 7.38. The van der Waals surface area contributed by atoms with Gasteiger partial charge in [-0.3, -0.25) is 10.1 Å². The quantitative estimate of drug-likeness (QED) is 0.632. The third-order valence-electron chi connectivity index (χ3n) is 3.16. The zero-order valence-corrected chi connectivity index (χ0v) is 11.7. The zero-order chi connectivity index (χ0) is 14.9. The van der Waals surface area contributed by atoms with Crippen molar-refractivity contribution in [3.8, 4) is 5.75 Å². The van der Waals surface area contributed by atoms with Gasteiger partial charge in [0.05, 0.1) is 18.1 Å². The molecule has 0 bridgehead atoms. The average molecular weight is 301 g/mol. The molecule has 1 aromatic rings. The van der Waals surface area contributed by atoms with Crippen LogP contribution in [0.5, 0.6) is 5.75 Å². The van der Waals surface area contributed by atoms with Gasteiger partial charge in [-0.2, -0.15) is 4.31 Å². The van der Waals surface area contributed by atoms with Gasteiger partial charge in [0.2, 0.25) is 10.0 Å². The van der Waals surface area contributed by atoms with E-state index in [4.69, 9.17) is 10.5 Å². The lowest BCUT2D eigenvalue weighted by molar-refractivity contribution is -0.385. The minimum Gasteiger partial charge on any atom is -0.495 e. The molecule has 9 heteroatoms. The van der Waals surface area contributed by atoms with Gasteiger partial charge in [0.15, 0.2) is 0 Å². The molecule has 0 amide bonds. The Kier molecular flexibility index (Phi) is 3.93. The number of benzene rings is 1. The molecule has 0 saturated carbocycles. The second-order valence-electron chi connectivity index (χ2n) is 4.50. The standard InChI is InChI=1S/C11H15N3O5S/c1-19-10-6-9(14(15)16)2-3-11(10)20(17,18)13-5-4-8(12)7-13/h2-3,6,8H,4-5,7,12H2,1H3/t8-/m0/s1. The number of methoxy groups -OCH3 is 1. The molecule has 1 aliphatic rings. The van der Waals surface area contributed by atoms with Crippen molar-refractivity contribution in [2.75, 3.05) is 20.2 Å². The van der Waals surface area contributed by atoms with Gasteiger partial charge < -0.3 is 10.5 Å². The first-order valence-electron chi connectivity index (χ1n) is 5.94. The maximum atomic E-state index is 12.5. The molecular weight excluding hydrogens is 286 g/mol. The normalized spacial score (nSPS) is 20.0. The second-order valence-corrected chi connectivity index (χ2v) is 6.41. The van der Waals surface area contributed by atoms with Gasteiger partial charge >= 0.3 is 0 Å². The minimum atomic E-state index is -3.75. The number of hydrogen-bond donors (Lipinski definition) is 1. The topological polar surface area (TPSA) is 116 Å². The van der Waals surface area contributed by atoms with Crippen LogP contribution in [0.15, 0.2) is 23.1 Å². The highest BCUT2D eigenvalue weighted by atomic mass is 32.2. The fourth-order valence-corrected chi connectivity index (χ4v) is 3.74. The highest BCUT2D eigenvalue weighted by Gasteiger charge is 2.33. The van der Waals surface area contributed by atoms with E-state index in [1.54, 1.807) is 0 Å². The molecule has 2 rings (SSSR count). The van der Waals surface area contributed by atoms with Crippen LogP contribution in [-0.2, 0) is 10.0 Å². The molecule has 110 valence electrons. The molecule has 2 N–H and O–H groups in total. The maximum absolute atomic E-state index is 12.5. The van der Waals surface area contributed by atoms with Crippen molar-refractivity contribution in [1.82, 2.24) is 4.31 Å². The Bertz CT molecular complexity index is 631. The molecule has 1 saturated heterocycles. The Labute approximate surface area is 116 Å². The molecule has 0 unspecified atom stereocenters. The highest BCUT2D eigenvalue weighted by Crippen LogP contribution is 2.31. The fraction of sp³-hybridized carbons (Fsp3) is 0.455. The van der Waals surface area contributed by atoms with Gasteiger partial charge in [0.1, 0.15) is 10.6 Å². The molecule has 0 aromatic heterocycles. The smallest absolute Gasteiger partial charge is 0.273 e. The van der Waals surface area contributed by atoms with Gasteiger partial charge in [-0.1, -0.05) is 0 Å². The van der Waals surface area contributed by atoms with Crippen molar-refractivity contribution >= 4 is 15.7 Å². The molecular formula is C11H15N3O5S. The summed E-state index contributed by atoms with van der Waals surface area (Å²) < 4.78 is 31.2. The molecule has 20 heavy (non-hydrogen) atoms. The van der Waals surface area contributed by atoms with E-state index in [1.165, 1.54) is 17.5 Å². The number of ether oxygens (including phenoxy) is 1. The molecule has 1 heterocycles. The minimum absolute atomic E-state index is 0.0420. The van der Waals surface area contributed by atoms with Crippen molar-refractivity contribution in [2.45, 2.75) is 17.4 Å². The summed E-state index contributed by atoms with van der Waals surface area (Å²) in [4.78, 5) is 10.0. The SMILES string of the molecule is COc1cc([N+](=O)[O-])ccc1S(=O)(=O)N1CC[C@H](N)C1. The van der Waals surface area contributed by atoms with Gasteiger partial charge in [0.25, 0.3) is 5.69 Å². The molecule has 1 atom stereocenters. The van der Waals surface area contributed by atoms with Crippen LogP contribution in [0.25, 0.3) is 0 Å². The summed E-state index contributed by atoms with van der Waals surface area (Å²) in [5.41, 5.74) is 5.48. The van der Waals surface area contributed by atoms with E-state index in [-0.39, 0.29) is 28.9 Å². The Balaban J connectivity index is 2.44. The Hall–Kier alpha value is -1.71. The van der Waals surface area contributed by atoms with E-state index in [0.717, 1.165) is 12.1 Å². The average Bonchev–Trinajstić information content (AvgIpc) is 2.85. The summed E-state index contributed by atoms with van der Waals surface area (Å²) in [5.74, 6) is -0.0420. The molecule has 1 aromatic carbocycles. The molecule has 1 aliphatic heterocycles. The van der Waals surface area contributed by atoms with Crippen LogP contribution >= 0.6 is 0 Å². The number of nitro benzene ring substituents is 1. The van der Waals surface area contributed by atoms with Crippen LogP contribution < -0.4 is 10.5 Å². The first-order chi connectivity index (χ1) is 9.36. The number of rotatable bonds is 4. The number of nitrogens with zero attached hydrogens (tertiary/aromatic N) is 2.